The number of carbonyl (C=O) groups is 2. The van der Waals surface area contributed by atoms with Crippen molar-refractivity contribution in [3.8, 4) is 0 Å². The van der Waals surface area contributed by atoms with Gasteiger partial charge in [0.05, 0.1) is 0 Å². The Morgan fingerprint density at radius 1 is 1.40 bits per heavy atom. The molecule has 4 nitrogen and oxygen atoms in total. The number of allylic oxidation sites excluding steroid dienone is 1. The average Bonchev–Trinajstić information content (AvgIpc) is 2.54. The largest absolute Gasteiger partial charge is 0.478 e. The van der Waals surface area contributed by atoms with Gasteiger partial charge in [-0.3, -0.25) is 4.79 Å². The fourth-order valence-electron chi connectivity index (χ4n) is 4.52. The van der Waals surface area contributed by atoms with Gasteiger partial charge in [0.2, 0.25) is 0 Å². The van der Waals surface area contributed by atoms with E-state index in [-0.39, 0.29) is 34.9 Å². The lowest BCUT2D eigenvalue weighted by molar-refractivity contribution is -0.166. The molecule has 0 spiro atoms. The number of carboxylic acid groups (broad SMARTS) is 1. The number of hydrogen-bond acceptors (Lipinski definition) is 3. The molecule has 0 aromatic heterocycles. The van der Waals surface area contributed by atoms with Crippen LogP contribution in [0.4, 0.5) is 0 Å². The van der Waals surface area contributed by atoms with Crippen molar-refractivity contribution in [2.24, 2.45) is 23.2 Å². The number of ether oxygens (including phenoxy) is 1. The molecule has 0 bridgehead atoms. The van der Waals surface area contributed by atoms with Crippen molar-refractivity contribution >= 4 is 11.9 Å². The van der Waals surface area contributed by atoms with Crippen molar-refractivity contribution in [3.63, 3.8) is 0 Å². The van der Waals surface area contributed by atoms with E-state index in [1.807, 2.05) is 6.92 Å². The van der Waals surface area contributed by atoms with Crippen LogP contribution in [-0.4, -0.2) is 23.1 Å². The van der Waals surface area contributed by atoms with Crippen LogP contribution < -0.4 is 0 Å². The molecular weight excluding hydrogens is 316 g/mol. The van der Waals surface area contributed by atoms with Gasteiger partial charge >= 0.3 is 11.9 Å². The molecule has 0 amide bonds. The number of fused-ring (bicyclic) bond motifs is 1. The zero-order valence-corrected chi connectivity index (χ0v) is 15.8. The zero-order valence-electron chi connectivity index (χ0n) is 15.8. The first-order valence-electron chi connectivity index (χ1n) is 9.48. The third-order valence-corrected chi connectivity index (χ3v) is 6.51. The summed E-state index contributed by atoms with van der Waals surface area (Å²) in [6.45, 7) is 14.3. The van der Waals surface area contributed by atoms with Crippen LogP contribution in [0.25, 0.3) is 0 Å². The van der Waals surface area contributed by atoms with Crippen molar-refractivity contribution in [1.29, 1.82) is 0 Å². The number of carboxylic acids is 1. The van der Waals surface area contributed by atoms with E-state index in [1.165, 1.54) is 5.57 Å². The predicted octanol–water partition coefficient (Wildman–Crippen LogP) is 4.75. The Balaban J connectivity index is 2.23. The SMILES string of the molecule is C=C(C(=O)O)[C@H]1C[C@@H](OC(=O)C[C@@H](C)CC)[C@@]2(C)CCCC(=C)[C@@H]2C1. The topological polar surface area (TPSA) is 63.6 Å². The number of esters is 1. The maximum Gasteiger partial charge on any atom is 0.331 e. The molecule has 2 aliphatic rings. The summed E-state index contributed by atoms with van der Waals surface area (Å²) < 4.78 is 5.93. The lowest BCUT2D eigenvalue weighted by Gasteiger charge is -2.52. The van der Waals surface area contributed by atoms with E-state index in [1.54, 1.807) is 0 Å². The average molecular weight is 348 g/mol. The van der Waals surface area contributed by atoms with Crippen LogP contribution in [-0.2, 0) is 14.3 Å². The van der Waals surface area contributed by atoms with Gasteiger partial charge < -0.3 is 9.84 Å². The summed E-state index contributed by atoms with van der Waals surface area (Å²) in [5, 5.41) is 9.35. The molecule has 0 aromatic carbocycles. The van der Waals surface area contributed by atoms with Crippen molar-refractivity contribution in [1.82, 2.24) is 0 Å². The number of aliphatic carboxylic acids is 1. The van der Waals surface area contributed by atoms with E-state index in [2.05, 4.69) is 27.0 Å². The minimum absolute atomic E-state index is 0.143. The highest BCUT2D eigenvalue weighted by Crippen LogP contribution is 2.55. The second-order valence-electron chi connectivity index (χ2n) is 8.26. The van der Waals surface area contributed by atoms with Crippen LogP contribution in [0.2, 0.25) is 0 Å². The lowest BCUT2D eigenvalue weighted by Crippen LogP contribution is -2.50. The second kappa shape index (κ2) is 7.76. The van der Waals surface area contributed by atoms with Crippen LogP contribution in [0.3, 0.4) is 0 Å². The van der Waals surface area contributed by atoms with Gasteiger partial charge in [0, 0.05) is 17.4 Å². The molecule has 0 aliphatic heterocycles. The Morgan fingerprint density at radius 3 is 2.68 bits per heavy atom. The quantitative estimate of drug-likeness (QED) is 0.427. The molecule has 0 radical (unpaired) electrons. The Labute approximate surface area is 151 Å². The minimum atomic E-state index is -0.959. The summed E-state index contributed by atoms with van der Waals surface area (Å²) in [7, 11) is 0. The smallest absolute Gasteiger partial charge is 0.331 e. The summed E-state index contributed by atoms with van der Waals surface area (Å²) in [6, 6.07) is 0. The molecule has 0 saturated heterocycles. The molecule has 140 valence electrons. The van der Waals surface area contributed by atoms with Gasteiger partial charge in [-0.1, -0.05) is 45.9 Å². The molecule has 25 heavy (non-hydrogen) atoms. The predicted molar refractivity (Wildman–Crippen MR) is 98.0 cm³/mol. The summed E-state index contributed by atoms with van der Waals surface area (Å²) in [5.41, 5.74) is 1.25. The van der Waals surface area contributed by atoms with E-state index in [0.29, 0.717) is 18.8 Å². The number of hydrogen-bond donors (Lipinski definition) is 1. The van der Waals surface area contributed by atoms with E-state index in [0.717, 1.165) is 32.1 Å². The van der Waals surface area contributed by atoms with Crippen LogP contribution in [0.15, 0.2) is 24.3 Å². The normalized spacial score (nSPS) is 33.2. The molecule has 4 heteroatoms. The summed E-state index contributed by atoms with van der Waals surface area (Å²) in [4.78, 5) is 23.8. The fraction of sp³-hybridized carbons (Fsp3) is 0.714. The summed E-state index contributed by atoms with van der Waals surface area (Å²) in [5.74, 6) is -0.799. The number of rotatable bonds is 6. The highest BCUT2D eigenvalue weighted by atomic mass is 16.5. The van der Waals surface area contributed by atoms with Crippen LogP contribution in [0.1, 0.15) is 65.7 Å². The Kier molecular flexibility index (Phi) is 6.12. The minimum Gasteiger partial charge on any atom is -0.478 e. The van der Waals surface area contributed by atoms with E-state index in [9.17, 15) is 14.7 Å². The third kappa shape index (κ3) is 4.16. The summed E-state index contributed by atoms with van der Waals surface area (Å²) in [6.07, 6.45) is 5.41. The lowest BCUT2D eigenvalue weighted by atomic mass is 9.55. The maximum absolute atomic E-state index is 12.4. The van der Waals surface area contributed by atoms with E-state index < -0.39 is 5.97 Å². The Hall–Kier alpha value is -1.58. The summed E-state index contributed by atoms with van der Waals surface area (Å²) >= 11 is 0. The van der Waals surface area contributed by atoms with Crippen molar-refractivity contribution in [2.45, 2.75) is 71.8 Å². The van der Waals surface area contributed by atoms with Crippen molar-refractivity contribution in [2.75, 3.05) is 0 Å². The monoisotopic (exact) mass is 348 g/mol. The zero-order chi connectivity index (χ0) is 18.8. The Bertz CT molecular complexity index is 564. The molecule has 0 unspecified atom stereocenters. The molecule has 2 aliphatic carbocycles. The molecule has 0 heterocycles. The molecule has 2 saturated carbocycles. The van der Waals surface area contributed by atoms with Gasteiger partial charge in [-0.15, -0.1) is 0 Å². The molecular formula is C21H32O4. The first kappa shape index (κ1) is 19.7. The van der Waals surface area contributed by atoms with Gasteiger partial charge in [0.1, 0.15) is 6.10 Å². The van der Waals surface area contributed by atoms with Gasteiger partial charge in [0.15, 0.2) is 0 Å². The molecule has 5 atom stereocenters. The first-order chi connectivity index (χ1) is 11.7. The standard InChI is InChI=1S/C21H32O4/c1-6-13(2)10-19(22)25-18-12-16(15(4)20(23)24)11-17-14(3)8-7-9-21(17,18)5/h13,16-18H,3-4,6-12H2,1-2,5H3,(H,23,24)/t13-,16+,17-,18+,21-/m0/s1. The fourth-order valence-corrected chi connectivity index (χ4v) is 4.52. The van der Waals surface area contributed by atoms with Gasteiger partial charge in [0.25, 0.3) is 0 Å². The van der Waals surface area contributed by atoms with Gasteiger partial charge in [-0.05, 0) is 49.9 Å². The van der Waals surface area contributed by atoms with Crippen molar-refractivity contribution < 1.29 is 19.4 Å². The van der Waals surface area contributed by atoms with Gasteiger partial charge in [-0.2, -0.15) is 0 Å². The van der Waals surface area contributed by atoms with Crippen LogP contribution >= 0.6 is 0 Å². The number of carbonyl (C=O) groups excluding carboxylic acids is 1. The maximum atomic E-state index is 12.4. The molecule has 0 aromatic rings. The van der Waals surface area contributed by atoms with Crippen LogP contribution in [0.5, 0.6) is 0 Å². The first-order valence-corrected chi connectivity index (χ1v) is 9.48. The molecule has 1 N–H and O–H groups in total. The third-order valence-electron chi connectivity index (χ3n) is 6.51. The van der Waals surface area contributed by atoms with E-state index >= 15 is 0 Å². The highest BCUT2D eigenvalue weighted by Gasteiger charge is 2.51. The van der Waals surface area contributed by atoms with Crippen LogP contribution in [0, 0.1) is 23.2 Å². The highest BCUT2D eigenvalue weighted by molar-refractivity contribution is 5.86. The van der Waals surface area contributed by atoms with Gasteiger partial charge in [-0.25, -0.2) is 4.79 Å². The second-order valence-corrected chi connectivity index (χ2v) is 8.26. The molecule has 2 rings (SSSR count). The molecule has 2 fully saturated rings. The Morgan fingerprint density at radius 2 is 2.08 bits per heavy atom. The van der Waals surface area contributed by atoms with E-state index in [4.69, 9.17) is 4.74 Å². The van der Waals surface area contributed by atoms with Crippen molar-refractivity contribution in [3.05, 3.63) is 24.3 Å².